The molecule has 4 heterocycles. The van der Waals surface area contributed by atoms with Gasteiger partial charge in [-0.1, -0.05) is 17.7 Å². The summed E-state index contributed by atoms with van der Waals surface area (Å²) in [6.45, 7) is 4.07. The monoisotopic (exact) mass is 460 g/mol. The fraction of sp³-hybridized carbons (Fsp3) is 0.333. The molecular weight excluding hydrogens is 441 g/mol. The van der Waals surface area contributed by atoms with Gasteiger partial charge in [0.2, 0.25) is 23.3 Å². The predicted octanol–water partition coefficient (Wildman–Crippen LogP) is 1.58. The second kappa shape index (κ2) is 6.63. The van der Waals surface area contributed by atoms with Gasteiger partial charge in [-0.2, -0.15) is 5.10 Å². The maximum Gasteiger partial charge on any atom is 0.317 e. The van der Waals surface area contributed by atoms with Crippen molar-refractivity contribution in [2.45, 2.75) is 32.6 Å². The van der Waals surface area contributed by atoms with Crippen LogP contribution in [0.1, 0.15) is 35.5 Å². The minimum absolute atomic E-state index is 0.0445. The van der Waals surface area contributed by atoms with Crippen LogP contribution in [0.5, 0.6) is 0 Å². The molecule has 1 aromatic heterocycles. The van der Waals surface area contributed by atoms with E-state index in [0.29, 0.717) is 12.1 Å². The maximum absolute atomic E-state index is 13.5. The molecule has 0 aliphatic carbocycles. The van der Waals surface area contributed by atoms with Gasteiger partial charge in [-0.3, -0.25) is 19.3 Å². The molecule has 1 aromatic carbocycles. The van der Waals surface area contributed by atoms with E-state index >= 15 is 0 Å². The van der Waals surface area contributed by atoms with Gasteiger partial charge in [0.1, 0.15) is 5.82 Å². The molecule has 0 bridgehead atoms. The van der Waals surface area contributed by atoms with Gasteiger partial charge in [0.05, 0.1) is 11.6 Å². The Morgan fingerprint density at radius 3 is 2.72 bits per heavy atom. The van der Waals surface area contributed by atoms with Gasteiger partial charge in [-0.05, 0) is 31.5 Å². The lowest BCUT2D eigenvalue weighted by Gasteiger charge is -2.16. The summed E-state index contributed by atoms with van der Waals surface area (Å²) >= 11 is 5.85. The summed E-state index contributed by atoms with van der Waals surface area (Å²) in [5.41, 5.74) is 0.0478. The maximum atomic E-state index is 13.5. The van der Waals surface area contributed by atoms with Crippen LogP contribution >= 0.6 is 11.6 Å². The van der Waals surface area contributed by atoms with Gasteiger partial charge in [0.15, 0.2) is 17.3 Å². The SMILES string of the molecule is CCN1C(=O)C2=C(O)c3c(c(C(=O)NC)nn(Cc4ccc(F)c(Cl)c4)c3=O)[N@@+]23C1[C@@H]3C. The minimum Gasteiger partial charge on any atom is -0.502 e. The van der Waals surface area contributed by atoms with E-state index in [-0.39, 0.29) is 56.8 Å². The van der Waals surface area contributed by atoms with E-state index in [9.17, 15) is 23.9 Å². The number of aliphatic hydroxyl groups is 1. The van der Waals surface area contributed by atoms with Gasteiger partial charge in [-0.25, -0.2) is 13.6 Å². The lowest BCUT2D eigenvalue weighted by Crippen LogP contribution is -2.35. The number of nitrogens with one attached hydrogen (secondary N) is 1. The Labute approximate surface area is 186 Å². The van der Waals surface area contributed by atoms with Crippen molar-refractivity contribution in [1.29, 1.82) is 0 Å². The third-order valence-corrected chi connectivity index (χ3v) is 6.90. The van der Waals surface area contributed by atoms with Crippen LogP contribution in [0, 0.1) is 5.82 Å². The highest BCUT2D eigenvalue weighted by Gasteiger charge is 2.82. The zero-order valence-electron chi connectivity index (χ0n) is 17.5. The van der Waals surface area contributed by atoms with Gasteiger partial charge in [0.25, 0.3) is 11.5 Å². The van der Waals surface area contributed by atoms with Crippen molar-refractivity contribution < 1.29 is 19.1 Å². The van der Waals surface area contributed by atoms with Crippen LogP contribution in [0.3, 0.4) is 0 Å². The fourth-order valence-corrected chi connectivity index (χ4v) is 5.41. The third kappa shape index (κ3) is 2.31. The topological polar surface area (TPSA) is 105 Å². The third-order valence-electron chi connectivity index (χ3n) is 6.61. The normalized spacial score (nSPS) is 25.0. The molecule has 0 radical (unpaired) electrons. The number of hydrogen-bond acceptors (Lipinski definition) is 5. The molecule has 11 heteroatoms. The van der Waals surface area contributed by atoms with Crippen molar-refractivity contribution in [2.75, 3.05) is 13.6 Å². The number of aliphatic hydroxyl groups excluding tert-OH is 1. The van der Waals surface area contributed by atoms with E-state index < -0.39 is 23.0 Å². The number of quaternary nitrogens is 1. The number of aromatic nitrogens is 2. The van der Waals surface area contributed by atoms with Crippen molar-refractivity contribution in [3.8, 4) is 0 Å². The summed E-state index contributed by atoms with van der Waals surface area (Å²) in [5, 5.41) is 17.8. The Balaban J connectivity index is 1.74. The summed E-state index contributed by atoms with van der Waals surface area (Å²) in [4.78, 5) is 40.8. The number of likely N-dealkylation sites (N-methyl/N-ethyl adjacent to an activating group) is 1. The van der Waals surface area contributed by atoms with E-state index in [1.54, 1.807) is 4.90 Å². The Bertz CT molecular complexity index is 1320. The van der Waals surface area contributed by atoms with Crippen LogP contribution in [0.4, 0.5) is 10.1 Å². The van der Waals surface area contributed by atoms with Crippen molar-refractivity contribution in [1.82, 2.24) is 24.5 Å². The van der Waals surface area contributed by atoms with Crippen molar-refractivity contribution in [2.24, 2.45) is 0 Å². The molecule has 2 amide bonds. The molecule has 3 atom stereocenters. The van der Waals surface area contributed by atoms with Crippen LogP contribution < -0.4 is 15.4 Å². The summed E-state index contributed by atoms with van der Waals surface area (Å²) in [5.74, 6) is -1.92. The second-order valence-electron chi connectivity index (χ2n) is 8.08. The molecule has 2 N–H and O–H groups in total. The molecule has 1 spiro atoms. The van der Waals surface area contributed by atoms with E-state index in [1.807, 2.05) is 13.8 Å². The molecule has 3 aliphatic heterocycles. The lowest BCUT2D eigenvalue weighted by molar-refractivity contribution is -0.125. The number of nitrogens with zero attached hydrogens (tertiary/aromatic N) is 4. The quantitative estimate of drug-likeness (QED) is 0.532. The van der Waals surface area contributed by atoms with Crippen LogP contribution in [-0.4, -0.2) is 57.4 Å². The number of carbonyl (C=O) groups is 2. The molecule has 2 aromatic rings. The summed E-state index contributed by atoms with van der Waals surface area (Å²) in [7, 11) is 1.44. The first-order valence-electron chi connectivity index (χ1n) is 10.1. The van der Waals surface area contributed by atoms with Gasteiger partial charge in [0, 0.05) is 13.6 Å². The first kappa shape index (κ1) is 20.7. The average Bonchev–Trinajstić information content (AvgIpc) is 3.10. The number of amides is 2. The number of carbonyl (C=O) groups excluding carboxylic acids is 2. The highest BCUT2D eigenvalue weighted by Crippen LogP contribution is 2.62. The van der Waals surface area contributed by atoms with Crippen molar-refractivity contribution in [3.05, 3.63) is 61.9 Å². The van der Waals surface area contributed by atoms with Gasteiger partial charge >= 0.3 is 5.91 Å². The standard InChI is InChI=1S/C21H19ClFN5O4/c1-4-26-19-9(2)28(19)15-13(17(29)16(28)21(26)32)20(31)27(25-14(15)18(30)24-3)8-10-5-6-12(23)11(22)7-10/h5-7,9,19H,4,8H2,1-3H3,(H-,24,29,30,32)/p+1/t9-,19?,28+/m0/s1. The predicted molar refractivity (Wildman–Crippen MR) is 114 cm³/mol. The second-order valence-corrected chi connectivity index (χ2v) is 8.49. The Kier molecular flexibility index (Phi) is 4.28. The molecule has 2 saturated heterocycles. The molecule has 32 heavy (non-hydrogen) atoms. The number of piperazine rings is 1. The number of fused-ring (bicyclic) bond motifs is 1. The molecular formula is C21H20ClFN5O4+. The Morgan fingerprint density at radius 2 is 2.09 bits per heavy atom. The molecule has 166 valence electrons. The minimum atomic E-state index is -0.645. The van der Waals surface area contributed by atoms with Crippen molar-refractivity contribution in [3.63, 3.8) is 0 Å². The number of benzene rings is 1. The highest BCUT2D eigenvalue weighted by molar-refractivity contribution is 6.30. The largest absolute Gasteiger partial charge is 0.502 e. The Hall–Kier alpha value is -3.24. The number of halogens is 2. The van der Waals surface area contributed by atoms with E-state index in [1.165, 1.54) is 25.2 Å². The van der Waals surface area contributed by atoms with Crippen LogP contribution in [0.2, 0.25) is 5.02 Å². The zero-order valence-corrected chi connectivity index (χ0v) is 18.3. The van der Waals surface area contributed by atoms with Crippen LogP contribution in [0.25, 0.3) is 5.76 Å². The molecule has 1 unspecified atom stereocenters. The zero-order chi connectivity index (χ0) is 23.1. The molecule has 0 saturated carbocycles. The van der Waals surface area contributed by atoms with Crippen LogP contribution in [-0.2, 0) is 11.3 Å². The molecule has 5 rings (SSSR count). The van der Waals surface area contributed by atoms with E-state index in [2.05, 4.69) is 10.4 Å². The van der Waals surface area contributed by atoms with E-state index in [0.717, 1.165) is 4.68 Å². The van der Waals surface area contributed by atoms with Gasteiger partial charge < -0.3 is 10.4 Å². The lowest BCUT2D eigenvalue weighted by atomic mass is 10.1. The fourth-order valence-electron chi connectivity index (χ4n) is 5.20. The summed E-state index contributed by atoms with van der Waals surface area (Å²) < 4.78 is 14.5. The van der Waals surface area contributed by atoms with Gasteiger partial charge in [-0.15, -0.1) is 0 Å². The molecule has 9 nitrogen and oxygen atoms in total. The summed E-state index contributed by atoms with van der Waals surface area (Å²) in [6, 6.07) is 3.85. The smallest absolute Gasteiger partial charge is 0.317 e. The first-order valence-corrected chi connectivity index (χ1v) is 10.5. The summed E-state index contributed by atoms with van der Waals surface area (Å²) in [6.07, 6.45) is -0.303. The Morgan fingerprint density at radius 1 is 1.38 bits per heavy atom. The molecule has 2 fully saturated rings. The van der Waals surface area contributed by atoms with Crippen LogP contribution in [0.15, 0.2) is 28.7 Å². The van der Waals surface area contributed by atoms with Crippen molar-refractivity contribution >= 4 is 34.9 Å². The van der Waals surface area contributed by atoms with E-state index in [4.69, 9.17) is 11.6 Å². The average molecular weight is 461 g/mol. The highest BCUT2D eigenvalue weighted by atomic mass is 35.5. The number of rotatable bonds is 4. The molecule has 3 aliphatic rings. The number of hydrogen-bond donors (Lipinski definition) is 2. The first-order chi connectivity index (χ1) is 15.2.